The van der Waals surface area contributed by atoms with Gasteiger partial charge in [-0.1, -0.05) is 18.7 Å². The lowest BCUT2D eigenvalue weighted by Crippen LogP contribution is -2.08. The van der Waals surface area contributed by atoms with Crippen LogP contribution in [0.15, 0.2) is 42.0 Å². The third-order valence-electron chi connectivity index (χ3n) is 2.90. The number of hydrogen-bond acceptors (Lipinski definition) is 4. The summed E-state index contributed by atoms with van der Waals surface area (Å²) < 4.78 is 9.99. The number of hydrogen-bond donors (Lipinski definition) is 1. The first-order valence-corrected chi connectivity index (χ1v) is 6.84. The fourth-order valence-electron chi connectivity index (χ4n) is 1.69. The molecule has 0 aliphatic carbocycles. The zero-order chi connectivity index (χ0) is 16.5. The van der Waals surface area contributed by atoms with Gasteiger partial charge < -0.3 is 14.6 Å². The summed E-state index contributed by atoms with van der Waals surface area (Å²) in [5.74, 6) is -0.737. The van der Waals surface area contributed by atoms with E-state index in [1.165, 1.54) is 0 Å². The second-order valence-electron chi connectivity index (χ2n) is 4.77. The highest BCUT2D eigenvalue weighted by molar-refractivity contribution is 5.92. The van der Waals surface area contributed by atoms with E-state index in [-0.39, 0.29) is 12.2 Å². The second kappa shape index (κ2) is 8.67. The van der Waals surface area contributed by atoms with E-state index in [1.807, 2.05) is 0 Å². The van der Waals surface area contributed by atoms with Crippen LogP contribution in [0.3, 0.4) is 0 Å². The van der Waals surface area contributed by atoms with Gasteiger partial charge in [-0.15, -0.1) is 0 Å². The Labute approximate surface area is 129 Å². The molecule has 0 amide bonds. The van der Waals surface area contributed by atoms with E-state index in [4.69, 9.17) is 9.47 Å². The van der Waals surface area contributed by atoms with E-state index in [1.54, 1.807) is 44.4 Å². The Morgan fingerprint density at radius 1 is 1.27 bits per heavy atom. The lowest BCUT2D eigenvalue weighted by atomic mass is 10.1. The van der Waals surface area contributed by atoms with Gasteiger partial charge in [-0.25, -0.2) is 9.59 Å². The summed E-state index contributed by atoms with van der Waals surface area (Å²) in [7, 11) is 1.57. The van der Waals surface area contributed by atoms with E-state index in [0.717, 1.165) is 5.56 Å². The smallest absolute Gasteiger partial charge is 0.333 e. The molecule has 0 radical (unpaired) electrons. The lowest BCUT2D eigenvalue weighted by molar-refractivity contribution is -0.139. The quantitative estimate of drug-likeness (QED) is 0.454. The number of benzene rings is 1. The topological polar surface area (TPSA) is 72.8 Å². The van der Waals surface area contributed by atoms with Crippen LogP contribution in [0.4, 0.5) is 0 Å². The van der Waals surface area contributed by atoms with E-state index in [0.29, 0.717) is 24.2 Å². The molecule has 0 aliphatic rings. The molecule has 0 aromatic heterocycles. The predicted molar refractivity (Wildman–Crippen MR) is 83.6 cm³/mol. The van der Waals surface area contributed by atoms with E-state index in [9.17, 15) is 14.7 Å². The monoisotopic (exact) mass is 304 g/mol. The molecule has 1 aromatic rings. The van der Waals surface area contributed by atoms with E-state index >= 15 is 0 Å². The zero-order valence-electron chi connectivity index (χ0n) is 12.8. The number of esters is 1. The minimum Gasteiger partial charge on any atom is -0.497 e. The third kappa shape index (κ3) is 5.83. The number of carboxylic acid groups (broad SMARTS) is 1. The highest BCUT2D eigenvalue weighted by atomic mass is 16.5. The van der Waals surface area contributed by atoms with Crippen LogP contribution in [0.5, 0.6) is 5.75 Å². The van der Waals surface area contributed by atoms with Crippen LogP contribution in [-0.2, 0) is 14.3 Å². The summed E-state index contributed by atoms with van der Waals surface area (Å²) in [5, 5.41) is 9.22. The molecule has 0 fully saturated rings. The van der Waals surface area contributed by atoms with Crippen molar-refractivity contribution in [2.24, 2.45) is 0 Å². The molecule has 0 spiro atoms. The van der Waals surface area contributed by atoms with Crippen LogP contribution in [0.1, 0.15) is 25.3 Å². The number of ether oxygens (including phenoxy) is 2. The first-order valence-electron chi connectivity index (χ1n) is 6.84. The normalized spacial score (nSPS) is 10.9. The highest BCUT2D eigenvalue weighted by Crippen LogP contribution is 2.16. The van der Waals surface area contributed by atoms with Gasteiger partial charge in [0.1, 0.15) is 5.75 Å². The van der Waals surface area contributed by atoms with Crippen LogP contribution < -0.4 is 4.74 Å². The van der Waals surface area contributed by atoms with Gasteiger partial charge in [0, 0.05) is 11.1 Å². The molecule has 0 saturated heterocycles. The van der Waals surface area contributed by atoms with Crippen LogP contribution in [0.25, 0.3) is 6.08 Å². The zero-order valence-corrected chi connectivity index (χ0v) is 12.8. The van der Waals surface area contributed by atoms with Crippen molar-refractivity contribution >= 4 is 18.0 Å². The lowest BCUT2D eigenvalue weighted by Gasteiger charge is -2.06. The highest BCUT2D eigenvalue weighted by Gasteiger charge is 2.09. The second-order valence-corrected chi connectivity index (χ2v) is 4.77. The first kappa shape index (κ1) is 17.5. The average molecular weight is 304 g/mol. The number of carbonyl (C=O) groups excluding carboxylic acids is 1. The molecular formula is C17H20O5. The van der Waals surface area contributed by atoms with Gasteiger partial charge in [0.2, 0.25) is 0 Å². The van der Waals surface area contributed by atoms with Gasteiger partial charge in [0.25, 0.3) is 0 Å². The summed E-state index contributed by atoms with van der Waals surface area (Å²) in [4.78, 5) is 22.5. The van der Waals surface area contributed by atoms with Crippen LogP contribution in [0, 0.1) is 0 Å². The maximum atomic E-state index is 11.2. The summed E-state index contributed by atoms with van der Waals surface area (Å²) in [5.41, 5.74) is 1.36. The number of carboxylic acids is 1. The number of rotatable bonds is 8. The summed E-state index contributed by atoms with van der Waals surface area (Å²) >= 11 is 0. The van der Waals surface area contributed by atoms with Crippen molar-refractivity contribution in [2.45, 2.75) is 19.8 Å². The maximum absolute atomic E-state index is 11.2. The first-order chi connectivity index (χ1) is 10.4. The molecule has 0 saturated carbocycles. The van der Waals surface area contributed by atoms with Gasteiger partial charge in [0.05, 0.1) is 13.7 Å². The summed E-state index contributed by atoms with van der Waals surface area (Å²) in [6, 6.07) is 7.09. The van der Waals surface area contributed by atoms with Crippen molar-refractivity contribution in [3.63, 3.8) is 0 Å². The fraction of sp³-hybridized carbons (Fsp3) is 0.294. The van der Waals surface area contributed by atoms with Crippen molar-refractivity contribution in [1.29, 1.82) is 0 Å². The molecule has 0 heterocycles. The summed E-state index contributed by atoms with van der Waals surface area (Å²) in [6.45, 7) is 5.21. The maximum Gasteiger partial charge on any atom is 0.333 e. The molecule has 5 heteroatoms. The Morgan fingerprint density at radius 2 is 1.91 bits per heavy atom. The molecule has 1 rings (SSSR count). The minimum atomic E-state index is -0.984. The summed E-state index contributed by atoms with van der Waals surface area (Å²) in [6.07, 6.45) is 2.35. The fourth-order valence-corrected chi connectivity index (χ4v) is 1.69. The Balaban J connectivity index is 2.61. The third-order valence-corrected chi connectivity index (χ3v) is 2.90. The molecule has 0 bridgehead atoms. The SMILES string of the molecule is C=C(C)C(=O)OCCCC(=Cc1ccc(OC)cc1)C(=O)O. The van der Waals surface area contributed by atoms with Crippen LogP contribution >= 0.6 is 0 Å². The molecule has 118 valence electrons. The Morgan fingerprint density at radius 3 is 2.41 bits per heavy atom. The molecule has 0 unspecified atom stereocenters. The molecule has 5 nitrogen and oxygen atoms in total. The van der Waals surface area contributed by atoms with Crippen molar-refractivity contribution in [3.8, 4) is 5.75 Å². The largest absolute Gasteiger partial charge is 0.497 e. The molecular weight excluding hydrogens is 284 g/mol. The van der Waals surface area contributed by atoms with Crippen molar-refractivity contribution in [2.75, 3.05) is 13.7 Å². The van der Waals surface area contributed by atoms with Crippen molar-refractivity contribution in [1.82, 2.24) is 0 Å². The molecule has 0 aliphatic heterocycles. The Bertz CT molecular complexity index is 569. The van der Waals surface area contributed by atoms with E-state index in [2.05, 4.69) is 6.58 Å². The Hall–Kier alpha value is -2.56. The molecule has 1 N–H and O–H groups in total. The van der Waals surface area contributed by atoms with Gasteiger partial charge in [-0.2, -0.15) is 0 Å². The van der Waals surface area contributed by atoms with Crippen LogP contribution in [0.2, 0.25) is 0 Å². The van der Waals surface area contributed by atoms with Gasteiger partial charge in [-0.05, 0) is 43.5 Å². The number of carbonyl (C=O) groups is 2. The number of methoxy groups -OCH3 is 1. The number of aliphatic carboxylic acids is 1. The Kier molecular flexibility index (Phi) is 6.89. The molecule has 1 aromatic carbocycles. The van der Waals surface area contributed by atoms with Gasteiger partial charge in [-0.3, -0.25) is 0 Å². The predicted octanol–water partition coefficient (Wildman–Crippen LogP) is 3.06. The van der Waals surface area contributed by atoms with Gasteiger partial charge >= 0.3 is 11.9 Å². The minimum absolute atomic E-state index is 0.166. The molecule has 0 atom stereocenters. The van der Waals surface area contributed by atoms with E-state index < -0.39 is 11.9 Å². The average Bonchev–Trinajstić information content (AvgIpc) is 2.50. The van der Waals surface area contributed by atoms with Crippen molar-refractivity contribution < 1.29 is 24.2 Å². The standard InChI is InChI=1S/C17H20O5/c1-12(2)17(20)22-10-4-5-14(16(18)19)11-13-6-8-15(21-3)9-7-13/h6-9,11H,1,4-5,10H2,2-3H3,(H,18,19). The van der Waals surface area contributed by atoms with Crippen LogP contribution in [-0.4, -0.2) is 30.8 Å². The van der Waals surface area contributed by atoms with Gasteiger partial charge in [0.15, 0.2) is 0 Å². The molecule has 22 heavy (non-hydrogen) atoms. The van der Waals surface area contributed by atoms with Crippen molar-refractivity contribution in [3.05, 3.63) is 47.6 Å².